The van der Waals surface area contributed by atoms with E-state index in [2.05, 4.69) is 20.2 Å². The second kappa shape index (κ2) is 7.07. The summed E-state index contributed by atoms with van der Waals surface area (Å²) in [6, 6.07) is 3.11. The number of nitrogens with zero attached hydrogens (tertiary/aromatic N) is 2. The van der Waals surface area contributed by atoms with E-state index in [1.54, 1.807) is 11.4 Å². The van der Waals surface area contributed by atoms with Crippen molar-refractivity contribution in [3.63, 3.8) is 0 Å². The molecule has 2 aromatic heterocycles. The summed E-state index contributed by atoms with van der Waals surface area (Å²) < 4.78 is 26.1. The molecule has 0 bridgehead atoms. The smallest absolute Gasteiger partial charge is 0.250 e. The molecule has 10 heteroatoms. The Balaban J connectivity index is 1.87. The van der Waals surface area contributed by atoms with Crippen LogP contribution in [0.15, 0.2) is 21.7 Å². The minimum Gasteiger partial charge on any atom is -0.299 e. The molecule has 0 spiro atoms. The number of amides is 1. The average molecular weight is 346 g/mol. The number of aryl methyl sites for hydroxylation is 1. The maximum Gasteiger partial charge on any atom is 0.250 e. The van der Waals surface area contributed by atoms with Gasteiger partial charge in [-0.3, -0.25) is 10.1 Å². The molecule has 1 amide bonds. The van der Waals surface area contributed by atoms with E-state index in [0.29, 0.717) is 5.13 Å². The fourth-order valence-electron chi connectivity index (χ4n) is 1.43. The monoisotopic (exact) mass is 346 g/mol. The molecule has 0 aromatic carbocycles. The highest BCUT2D eigenvalue weighted by molar-refractivity contribution is 7.91. The zero-order valence-electron chi connectivity index (χ0n) is 11.2. The minimum atomic E-state index is -3.63. The first-order valence-electron chi connectivity index (χ1n) is 6.16. The quantitative estimate of drug-likeness (QED) is 0.790. The fraction of sp³-hybridized carbons (Fsp3) is 0.364. The van der Waals surface area contributed by atoms with Crippen LogP contribution in [0.4, 0.5) is 5.13 Å². The third-order valence-corrected chi connectivity index (χ3v) is 6.06. The third kappa shape index (κ3) is 4.56. The van der Waals surface area contributed by atoms with Crippen molar-refractivity contribution in [3.8, 4) is 0 Å². The number of carbonyl (C=O) groups is 1. The molecule has 0 unspecified atom stereocenters. The van der Waals surface area contributed by atoms with Gasteiger partial charge in [0, 0.05) is 6.42 Å². The van der Waals surface area contributed by atoms with E-state index in [-0.39, 0.29) is 10.8 Å². The van der Waals surface area contributed by atoms with Crippen LogP contribution in [-0.2, 0) is 21.2 Å². The van der Waals surface area contributed by atoms with E-state index in [9.17, 15) is 13.2 Å². The van der Waals surface area contributed by atoms with Crippen molar-refractivity contribution in [1.29, 1.82) is 0 Å². The van der Waals surface area contributed by atoms with Gasteiger partial charge in [0.25, 0.3) is 10.0 Å². The lowest BCUT2D eigenvalue weighted by atomic mass is 10.4. The highest BCUT2D eigenvalue weighted by Crippen LogP contribution is 2.17. The molecular weight excluding hydrogens is 332 g/mol. The van der Waals surface area contributed by atoms with Crippen LogP contribution < -0.4 is 10.0 Å². The van der Waals surface area contributed by atoms with Crippen LogP contribution >= 0.6 is 22.7 Å². The summed E-state index contributed by atoms with van der Waals surface area (Å²) >= 11 is 2.38. The number of rotatable bonds is 7. The number of sulfonamides is 1. The Morgan fingerprint density at radius 2 is 2.19 bits per heavy atom. The summed E-state index contributed by atoms with van der Waals surface area (Å²) in [5.74, 6) is -0.477. The first kappa shape index (κ1) is 16.0. The van der Waals surface area contributed by atoms with Gasteiger partial charge in [-0.05, 0) is 17.9 Å². The predicted molar refractivity (Wildman–Crippen MR) is 82.0 cm³/mol. The van der Waals surface area contributed by atoms with E-state index < -0.39 is 15.9 Å². The molecule has 2 rings (SSSR count). The Labute approximate surface area is 130 Å². The molecule has 0 atom stereocenters. The van der Waals surface area contributed by atoms with Gasteiger partial charge in [-0.2, -0.15) is 0 Å². The van der Waals surface area contributed by atoms with E-state index in [4.69, 9.17) is 0 Å². The van der Waals surface area contributed by atoms with E-state index in [1.807, 2.05) is 6.92 Å². The van der Waals surface area contributed by atoms with Gasteiger partial charge in [-0.15, -0.1) is 21.5 Å². The van der Waals surface area contributed by atoms with Crippen molar-refractivity contribution in [3.05, 3.63) is 22.5 Å². The Morgan fingerprint density at radius 1 is 1.38 bits per heavy atom. The Hall–Kier alpha value is -1.36. The number of thiophene rings is 1. The average Bonchev–Trinajstić information content (AvgIpc) is 3.09. The number of carbonyl (C=O) groups excluding carboxylic acids is 1. The molecule has 0 aliphatic carbocycles. The summed E-state index contributed by atoms with van der Waals surface area (Å²) in [7, 11) is -3.63. The van der Waals surface area contributed by atoms with Crippen molar-refractivity contribution >= 4 is 43.7 Å². The summed E-state index contributed by atoms with van der Waals surface area (Å²) in [6.45, 7) is 1.68. The van der Waals surface area contributed by atoms with Crippen molar-refractivity contribution in [2.75, 3.05) is 11.9 Å². The van der Waals surface area contributed by atoms with Gasteiger partial charge in [0.2, 0.25) is 11.0 Å². The second-order valence-electron chi connectivity index (χ2n) is 4.06. The lowest BCUT2D eigenvalue weighted by Crippen LogP contribution is -2.32. The SMILES string of the molecule is CCCc1nnc(NC(=O)CNS(=O)(=O)c2cccs2)s1. The molecule has 114 valence electrons. The number of anilines is 1. The number of aromatic nitrogens is 2. The summed E-state index contributed by atoms with van der Waals surface area (Å²) in [6.07, 6.45) is 1.75. The van der Waals surface area contributed by atoms with Crippen LogP contribution in [0.25, 0.3) is 0 Å². The van der Waals surface area contributed by atoms with Crippen LogP contribution in [0.3, 0.4) is 0 Å². The number of hydrogen-bond donors (Lipinski definition) is 2. The maximum absolute atomic E-state index is 11.8. The van der Waals surface area contributed by atoms with Crippen LogP contribution in [0.5, 0.6) is 0 Å². The Morgan fingerprint density at radius 3 is 2.86 bits per heavy atom. The first-order valence-corrected chi connectivity index (χ1v) is 9.34. The van der Waals surface area contributed by atoms with E-state index in [1.165, 1.54) is 17.4 Å². The number of nitrogens with one attached hydrogen (secondary N) is 2. The molecule has 0 aliphatic heterocycles. The Bertz CT molecular complexity index is 694. The van der Waals surface area contributed by atoms with Crippen molar-refractivity contribution < 1.29 is 13.2 Å². The Kier molecular flexibility index (Phi) is 5.39. The van der Waals surface area contributed by atoms with Crippen LogP contribution in [0.1, 0.15) is 18.4 Å². The van der Waals surface area contributed by atoms with Gasteiger partial charge in [0.15, 0.2) is 0 Å². The van der Waals surface area contributed by atoms with Crippen molar-refractivity contribution in [1.82, 2.24) is 14.9 Å². The molecule has 0 saturated heterocycles. The predicted octanol–water partition coefficient (Wildman–Crippen LogP) is 1.47. The zero-order chi connectivity index (χ0) is 15.3. The van der Waals surface area contributed by atoms with Crippen LogP contribution in [-0.4, -0.2) is 31.1 Å². The lowest BCUT2D eigenvalue weighted by Gasteiger charge is -2.04. The third-order valence-electron chi connectivity index (χ3n) is 2.36. The highest BCUT2D eigenvalue weighted by Gasteiger charge is 2.17. The molecule has 7 nitrogen and oxygen atoms in total. The zero-order valence-corrected chi connectivity index (χ0v) is 13.6. The molecule has 2 heterocycles. The molecule has 0 aliphatic rings. The van der Waals surface area contributed by atoms with E-state index in [0.717, 1.165) is 29.2 Å². The van der Waals surface area contributed by atoms with Gasteiger partial charge >= 0.3 is 0 Å². The lowest BCUT2D eigenvalue weighted by molar-refractivity contribution is -0.115. The van der Waals surface area contributed by atoms with Gasteiger partial charge < -0.3 is 0 Å². The van der Waals surface area contributed by atoms with Crippen LogP contribution in [0, 0.1) is 0 Å². The molecule has 0 fully saturated rings. The molecule has 2 aromatic rings. The molecule has 21 heavy (non-hydrogen) atoms. The molecule has 2 N–H and O–H groups in total. The largest absolute Gasteiger partial charge is 0.299 e. The van der Waals surface area contributed by atoms with Gasteiger partial charge in [0.1, 0.15) is 9.22 Å². The number of hydrogen-bond acceptors (Lipinski definition) is 7. The standard InChI is InChI=1S/C11H14N4O3S3/c1-2-4-9-14-15-11(20-9)13-8(16)7-12-21(17,18)10-5-3-6-19-10/h3,5-6,12H,2,4,7H2,1H3,(H,13,15,16). The van der Waals surface area contributed by atoms with Gasteiger partial charge in [0.05, 0.1) is 6.54 Å². The maximum atomic E-state index is 11.8. The molecular formula is C11H14N4O3S3. The van der Waals surface area contributed by atoms with Crippen LogP contribution in [0.2, 0.25) is 0 Å². The van der Waals surface area contributed by atoms with Gasteiger partial charge in [-0.25, -0.2) is 13.1 Å². The molecule has 0 saturated carbocycles. The van der Waals surface area contributed by atoms with E-state index >= 15 is 0 Å². The molecule has 0 radical (unpaired) electrons. The highest BCUT2D eigenvalue weighted by atomic mass is 32.2. The van der Waals surface area contributed by atoms with Crippen molar-refractivity contribution in [2.24, 2.45) is 0 Å². The van der Waals surface area contributed by atoms with Crippen molar-refractivity contribution in [2.45, 2.75) is 24.0 Å². The minimum absolute atomic E-state index is 0.177. The fourth-order valence-corrected chi connectivity index (χ4v) is 4.31. The topological polar surface area (TPSA) is 101 Å². The second-order valence-corrected chi connectivity index (χ2v) is 8.06. The van der Waals surface area contributed by atoms with Gasteiger partial charge in [-0.1, -0.05) is 24.3 Å². The summed E-state index contributed by atoms with van der Waals surface area (Å²) in [4.78, 5) is 11.7. The normalized spacial score (nSPS) is 11.5. The summed E-state index contributed by atoms with van der Waals surface area (Å²) in [5.41, 5.74) is 0. The summed E-state index contributed by atoms with van der Waals surface area (Å²) in [5, 5.41) is 13.1. The first-order chi connectivity index (χ1) is 10.0.